The third kappa shape index (κ3) is 5.88. The number of phenols is 1. The Morgan fingerprint density at radius 3 is 2.46 bits per heavy atom. The molecule has 6 nitrogen and oxygen atoms in total. The van der Waals surface area contributed by atoms with Crippen molar-refractivity contribution >= 4 is 28.7 Å². The van der Waals surface area contributed by atoms with E-state index in [2.05, 4.69) is 19.1 Å². The van der Waals surface area contributed by atoms with Crippen LogP contribution < -0.4 is 4.74 Å². The largest absolute Gasteiger partial charge is 0.507 e. The summed E-state index contributed by atoms with van der Waals surface area (Å²) in [6.45, 7) is 3.08. The van der Waals surface area contributed by atoms with Crippen LogP contribution in [0.3, 0.4) is 0 Å². The van der Waals surface area contributed by atoms with Gasteiger partial charge in [-0.1, -0.05) is 92.8 Å². The van der Waals surface area contributed by atoms with Gasteiger partial charge in [-0.3, -0.25) is 14.5 Å². The predicted molar refractivity (Wildman–Crippen MR) is 180 cm³/mol. The van der Waals surface area contributed by atoms with Gasteiger partial charge in [-0.05, 0) is 78.8 Å². The molecular formula is C40H45NO5. The Hall–Kier alpha value is -3.90. The summed E-state index contributed by atoms with van der Waals surface area (Å²) in [6.07, 6.45) is 11.6. The number of carbonyl (C=O) groups is 2. The Morgan fingerprint density at radius 2 is 1.67 bits per heavy atom. The van der Waals surface area contributed by atoms with E-state index in [-0.39, 0.29) is 41.7 Å². The fraction of sp³-hybridized carbons (Fsp3) is 0.450. The highest BCUT2D eigenvalue weighted by molar-refractivity contribution is 6.06. The molecule has 1 saturated carbocycles. The van der Waals surface area contributed by atoms with E-state index in [1.54, 1.807) is 11.0 Å². The fourth-order valence-electron chi connectivity index (χ4n) is 8.58. The number of rotatable bonds is 10. The average Bonchev–Trinajstić information content (AvgIpc) is 3.62. The van der Waals surface area contributed by atoms with Crippen LogP contribution in [0.4, 0.5) is 0 Å². The SMILES string of the molecule is CCC/C(=C\c1ccc(O)c2ccccc12)CC[C@H]1OC[C@H]2C1=C(COc1ccccc1)C[C@H]1C(=O)N(C3CCCCC3)C(=O)[C@H]12. The van der Waals surface area contributed by atoms with Crippen LogP contribution in [-0.4, -0.2) is 47.2 Å². The van der Waals surface area contributed by atoms with Crippen LogP contribution >= 0.6 is 0 Å². The monoisotopic (exact) mass is 619 g/mol. The van der Waals surface area contributed by atoms with Gasteiger partial charge in [0.15, 0.2) is 0 Å². The van der Waals surface area contributed by atoms with E-state index < -0.39 is 0 Å². The third-order valence-corrected chi connectivity index (χ3v) is 10.7. The maximum atomic E-state index is 14.0. The van der Waals surface area contributed by atoms with Gasteiger partial charge in [-0.25, -0.2) is 0 Å². The van der Waals surface area contributed by atoms with Gasteiger partial charge in [-0.15, -0.1) is 0 Å². The van der Waals surface area contributed by atoms with Crippen molar-refractivity contribution in [3.63, 3.8) is 0 Å². The lowest BCUT2D eigenvalue weighted by atomic mass is 9.69. The third-order valence-electron chi connectivity index (χ3n) is 10.7. The number of benzene rings is 3. The number of nitrogens with zero attached hydrogens (tertiary/aromatic N) is 1. The molecule has 0 radical (unpaired) electrons. The number of hydrogen-bond acceptors (Lipinski definition) is 5. The van der Waals surface area contributed by atoms with Crippen LogP contribution in [0.15, 0.2) is 83.4 Å². The second-order valence-electron chi connectivity index (χ2n) is 13.6. The Morgan fingerprint density at radius 1 is 0.913 bits per heavy atom. The van der Waals surface area contributed by atoms with Crippen LogP contribution in [0.2, 0.25) is 0 Å². The van der Waals surface area contributed by atoms with Gasteiger partial charge < -0.3 is 14.6 Å². The summed E-state index contributed by atoms with van der Waals surface area (Å²) < 4.78 is 12.9. The highest BCUT2D eigenvalue weighted by Gasteiger charge is 2.58. The van der Waals surface area contributed by atoms with Crippen LogP contribution in [0.5, 0.6) is 11.5 Å². The van der Waals surface area contributed by atoms with Crippen LogP contribution in [0, 0.1) is 17.8 Å². The molecule has 0 spiro atoms. The highest BCUT2D eigenvalue weighted by Crippen LogP contribution is 2.51. The average molecular weight is 620 g/mol. The molecule has 3 aromatic carbocycles. The lowest BCUT2D eigenvalue weighted by Crippen LogP contribution is -2.42. The summed E-state index contributed by atoms with van der Waals surface area (Å²) in [5, 5.41) is 12.3. The number of fused-ring (bicyclic) bond motifs is 4. The van der Waals surface area contributed by atoms with E-state index in [1.165, 1.54) is 17.6 Å². The molecule has 2 aliphatic heterocycles. The van der Waals surface area contributed by atoms with E-state index in [0.29, 0.717) is 25.4 Å². The van der Waals surface area contributed by atoms with Crippen LogP contribution in [-0.2, 0) is 14.3 Å². The van der Waals surface area contributed by atoms with Crippen molar-refractivity contribution < 1.29 is 24.2 Å². The lowest BCUT2D eigenvalue weighted by molar-refractivity contribution is -0.143. The van der Waals surface area contributed by atoms with Crippen molar-refractivity contribution in [1.29, 1.82) is 0 Å². The molecule has 2 heterocycles. The summed E-state index contributed by atoms with van der Waals surface area (Å²) in [7, 11) is 0. The van der Waals surface area contributed by atoms with E-state index in [9.17, 15) is 14.7 Å². The molecule has 0 bridgehead atoms. The molecule has 0 unspecified atom stereocenters. The molecule has 1 N–H and O–H groups in total. The summed E-state index contributed by atoms with van der Waals surface area (Å²) >= 11 is 0. The van der Waals surface area contributed by atoms with Gasteiger partial charge in [0.25, 0.3) is 0 Å². The molecule has 240 valence electrons. The normalized spacial score (nSPS) is 25.3. The second-order valence-corrected chi connectivity index (χ2v) is 13.6. The minimum atomic E-state index is -0.330. The Labute approximate surface area is 272 Å². The number of amides is 2. The van der Waals surface area contributed by atoms with Gasteiger partial charge in [0, 0.05) is 17.3 Å². The van der Waals surface area contributed by atoms with Gasteiger partial charge in [-0.2, -0.15) is 0 Å². The summed E-state index contributed by atoms with van der Waals surface area (Å²) in [4.78, 5) is 29.6. The lowest BCUT2D eigenvalue weighted by Gasteiger charge is -2.32. The topological polar surface area (TPSA) is 76.1 Å². The van der Waals surface area contributed by atoms with E-state index >= 15 is 0 Å². The number of ether oxygens (including phenoxy) is 2. The minimum absolute atomic E-state index is 0.0240. The van der Waals surface area contributed by atoms with Crippen molar-refractivity contribution in [3.8, 4) is 11.5 Å². The fourth-order valence-corrected chi connectivity index (χ4v) is 8.58. The van der Waals surface area contributed by atoms with Crippen LogP contribution in [0.1, 0.15) is 76.7 Å². The first-order chi connectivity index (χ1) is 22.5. The molecule has 0 aromatic heterocycles. The smallest absolute Gasteiger partial charge is 0.234 e. The van der Waals surface area contributed by atoms with Gasteiger partial charge in [0.2, 0.25) is 11.8 Å². The van der Waals surface area contributed by atoms with E-state index in [1.807, 2.05) is 54.6 Å². The van der Waals surface area contributed by atoms with Crippen molar-refractivity contribution in [2.24, 2.45) is 17.8 Å². The standard InChI is InChI=1S/C40H45NO5/c1-2-11-26(22-27-19-20-35(42)32-17-10-9-16-31(27)32)18-21-36-37-28(24-45-30-14-7-4-8-15-30)23-33-38(34(37)25-46-36)40(44)41(39(33)43)29-12-5-3-6-13-29/h4,7-10,14-17,19-20,22,29,33-34,36,38,42H,2-3,5-6,11-13,18,21,23-25H2,1H3/b26-22+/t33-,34+,36-,38-/m1/s1. The Kier molecular flexibility index (Phi) is 8.99. The molecule has 46 heavy (non-hydrogen) atoms. The number of para-hydroxylation sites is 1. The number of aromatic hydroxyl groups is 1. The number of phenolic OH excluding ortho intramolecular Hbond substituents is 1. The molecular weight excluding hydrogens is 574 g/mol. The van der Waals surface area contributed by atoms with Crippen molar-refractivity contribution in [3.05, 3.63) is 89.0 Å². The summed E-state index contributed by atoms with van der Waals surface area (Å²) in [5.41, 5.74) is 4.79. The molecule has 3 aromatic rings. The molecule has 2 aliphatic carbocycles. The zero-order valence-electron chi connectivity index (χ0n) is 26.8. The van der Waals surface area contributed by atoms with Crippen molar-refractivity contribution in [1.82, 2.24) is 4.90 Å². The first-order valence-corrected chi connectivity index (χ1v) is 17.3. The quantitative estimate of drug-likeness (QED) is 0.183. The Balaban J connectivity index is 1.16. The maximum absolute atomic E-state index is 14.0. The second kappa shape index (κ2) is 13.4. The molecule has 4 aliphatic rings. The zero-order valence-corrected chi connectivity index (χ0v) is 26.8. The molecule has 2 saturated heterocycles. The van der Waals surface area contributed by atoms with E-state index in [4.69, 9.17) is 9.47 Å². The van der Waals surface area contributed by atoms with Gasteiger partial charge in [0.05, 0.1) is 24.5 Å². The maximum Gasteiger partial charge on any atom is 0.234 e. The number of hydrogen-bond donors (Lipinski definition) is 1. The van der Waals surface area contributed by atoms with Crippen molar-refractivity contribution in [2.75, 3.05) is 13.2 Å². The highest BCUT2D eigenvalue weighted by atomic mass is 16.5. The van der Waals surface area contributed by atoms with Crippen LogP contribution in [0.25, 0.3) is 16.8 Å². The minimum Gasteiger partial charge on any atom is -0.507 e. The zero-order chi connectivity index (χ0) is 31.6. The van der Waals surface area contributed by atoms with Gasteiger partial charge in [0.1, 0.15) is 18.1 Å². The number of likely N-dealkylation sites (tertiary alicyclic amines) is 1. The molecule has 7 rings (SSSR count). The predicted octanol–water partition coefficient (Wildman–Crippen LogP) is 8.24. The Bertz CT molecular complexity index is 1650. The van der Waals surface area contributed by atoms with Crippen molar-refractivity contribution in [2.45, 2.75) is 83.3 Å². The first kappa shape index (κ1) is 30.7. The molecule has 2 amide bonds. The molecule has 6 heteroatoms. The first-order valence-electron chi connectivity index (χ1n) is 17.3. The van der Waals surface area contributed by atoms with Gasteiger partial charge >= 0.3 is 0 Å². The summed E-state index contributed by atoms with van der Waals surface area (Å²) in [6, 6.07) is 21.6. The number of allylic oxidation sites excluding steroid dienone is 1. The molecule has 3 fully saturated rings. The molecule has 4 atom stereocenters. The summed E-state index contributed by atoms with van der Waals surface area (Å²) in [5.74, 6) is 0.421. The van der Waals surface area contributed by atoms with E-state index in [0.717, 1.165) is 79.0 Å². The number of carbonyl (C=O) groups excluding carboxylic acids is 2. The number of imide groups is 1.